The van der Waals surface area contributed by atoms with Crippen molar-refractivity contribution in [3.05, 3.63) is 9.47 Å². The number of hydrogen-bond acceptors (Lipinski definition) is 7. The third-order valence-electron chi connectivity index (χ3n) is 2.43. The van der Waals surface area contributed by atoms with Crippen LogP contribution in [0.1, 0.15) is 24.8 Å². The summed E-state index contributed by atoms with van der Waals surface area (Å²) >= 11 is 6.98. The molecular weight excluding hydrogens is 316 g/mol. The highest BCUT2D eigenvalue weighted by atomic mass is 35.5. The standard InChI is InChI=1S/C13H23ClN2O4S/c1-2-3-4-17-5-6-18-7-8-19-9-10-20-11-12-15-16-13(14)21-12/h2-11H2,1H3. The second-order valence-electron chi connectivity index (χ2n) is 4.19. The van der Waals surface area contributed by atoms with Crippen LogP contribution in [0, 0.1) is 0 Å². The Morgan fingerprint density at radius 3 is 1.95 bits per heavy atom. The lowest BCUT2D eigenvalue weighted by molar-refractivity contribution is -0.00436. The van der Waals surface area contributed by atoms with Crippen molar-refractivity contribution in [2.45, 2.75) is 26.4 Å². The molecule has 0 saturated heterocycles. The summed E-state index contributed by atoms with van der Waals surface area (Å²) < 4.78 is 21.9. The Labute approximate surface area is 134 Å². The highest BCUT2D eigenvalue weighted by Gasteiger charge is 2.01. The molecule has 1 heterocycles. The van der Waals surface area contributed by atoms with Crippen LogP contribution in [0.5, 0.6) is 0 Å². The topological polar surface area (TPSA) is 62.7 Å². The van der Waals surface area contributed by atoms with E-state index in [1.54, 1.807) is 0 Å². The van der Waals surface area contributed by atoms with E-state index in [1.165, 1.54) is 11.3 Å². The lowest BCUT2D eigenvalue weighted by Crippen LogP contribution is -2.12. The van der Waals surface area contributed by atoms with E-state index in [2.05, 4.69) is 17.1 Å². The van der Waals surface area contributed by atoms with E-state index in [1.807, 2.05) is 0 Å². The first-order valence-corrected chi connectivity index (χ1v) is 8.31. The molecular formula is C13H23ClN2O4S. The van der Waals surface area contributed by atoms with E-state index in [-0.39, 0.29) is 0 Å². The number of hydrogen-bond donors (Lipinski definition) is 0. The van der Waals surface area contributed by atoms with Gasteiger partial charge in [-0.25, -0.2) is 0 Å². The average Bonchev–Trinajstić information content (AvgIpc) is 2.89. The summed E-state index contributed by atoms with van der Waals surface area (Å²) in [4.78, 5) is 0. The molecule has 0 aliphatic rings. The van der Waals surface area contributed by atoms with Gasteiger partial charge in [-0.2, -0.15) is 0 Å². The molecule has 1 aromatic heterocycles. The third-order valence-corrected chi connectivity index (χ3v) is 3.42. The Kier molecular flexibility index (Phi) is 11.9. The Balaban J connectivity index is 1.74. The van der Waals surface area contributed by atoms with Gasteiger partial charge in [0.05, 0.1) is 39.6 Å². The summed E-state index contributed by atoms with van der Waals surface area (Å²) in [6, 6.07) is 0. The summed E-state index contributed by atoms with van der Waals surface area (Å²) in [7, 11) is 0. The minimum atomic E-state index is 0.416. The third kappa shape index (κ3) is 11.0. The number of rotatable bonds is 14. The van der Waals surface area contributed by atoms with Crippen molar-refractivity contribution in [3.8, 4) is 0 Å². The molecule has 0 aliphatic carbocycles. The molecule has 21 heavy (non-hydrogen) atoms. The SMILES string of the molecule is CCCCOCCOCCOCCOCc1nnc(Cl)s1. The first-order chi connectivity index (χ1) is 10.3. The number of aromatic nitrogens is 2. The number of halogens is 1. The number of unbranched alkanes of at least 4 members (excludes halogenated alkanes) is 1. The summed E-state index contributed by atoms with van der Waals surface area (Å²) in [5, 5.41) is 8.31. The maximum absolute atomic E-state index is 5.66. The van der Waals surface area contributed by atoms with Crippen LogP contribution < -0.4 is 0 Å². The van der Waals surface area contributed by atoms with E-state index in [0.29, 0.717) is 50.7 Å². The van der Waals surface area contributed by atoms with Crippen LogP contribution >= 0.6 is 22.9 Å². The molecule has 0 aliphatic heterocycles. The molecule has 1 rings (SSSR count). The molecule has 1 aromatic rings. The van der Waals surface area contributed by atoms with Crippen molar-refractivity contribution in [1.29, 1.82) is 0 Å². The van der Waals surface area contributed by atoms with Crippen LogP contribution in [0.3, 0.4) is 0 Å². The van der Waals surface area contributed by atoms with Gasteiger partial charge >= 0.3 is 0 Å². The van der Waals surface area contributed by atoms with Gasteiger partial charge in [0, 0.05) is 6.61 Å². The molecule has 8 heteroatoms. The molecule has 0 bridgehead atoms. The molecule has 0 N–H and O–H groups in total. The zero-order chi connectivity index (χ0) is 15.2. The van der Waals surface area contributed by atoms with Crippen molar-refractivity contribution in [1.82, 2.24) is 10.2 Å². The molecule has 0 unspecified atom stereocenters. The molecule has 0 spiro atoms. The van der Waals surface area contributed by atoms with Crippen LogP contribution in [0.4, 0.5) is 0 Å². The fourth-order valence-corrected chi connectivity index (χ4v) is 2.16. The fourth-order valence-electron chi connectivity index (χ4n) is 1.36. The minimum Gasteiger partial charge on any atom is -0.379 e. The van der Waals surface area contributed by atoms with E-state index in [4.69, 9.17) is 30.5 Å². The van der Waals surface area contributed by atoms with Crippen LogP contribution in [0.25, 0.3) is 0 Å². The lowest BCUT2D eigenvalue weighted by atomic mass is 10.4. The van der Waals surface area contributed by atoms with Crippen LogP contribution in [-0.2, 0) is 25.6 Å². The molecule has 0 radical (unpaired) electrons. The maximum atomic E-state index is 5.66. The Hall–Kier alpha value is -0.310. The zero-order valence-electron chi connectivity index (χ0n) is 12.4. The second-order valence-corrected chi connectivity index (χ2v) is 5.84. The fraction of sp³-hybridized carbons (Fsp3) is 0.846. The van der Waals surface area contributed by atoms with Crippen molar-refractivity contribution in [2.75, 3.05) is 46.2 Å². The molecule has 0 saturated carbocycles. The first-order valence-electron chi connectivity index (χ1n) is 7.11. The van der Waals surface area contributed by atoms with Gasteiger partial charge < -0.3 is 18.9 Å². The van der Waals surface area contributed by atoms with E-state index >= 15 is 0 Å². The Morgan fingerprint density at radius 2 is 1.43 bits per heavy atom. The number of nitrogens with zero attached hydrogens (tertiary/aromatic N) is 2. The molecule has 0 aromatic carbocycles. The quantitative estimate of drug-likeness (QED) is 0.486. The molecule has 0 atom stereocenters. The first kappa shape index (κ1) is 18.7. The van der Waals surface area contributed by atoms with E-state index < -0.39 is 0 Å². The predicted molar refractivity (Wildman–Crippen MR) is 81.9 cm³/mol. The lowest BCUT2D eigenvalue weighted by Gasteiger charge is -2.06. The Morgan fingerprint density at radius 1 is 0.857 bits per heavy atom. The summed E-state index contributed by atoms with van der Waals surface area (Å²) in [5.74, 6) is 0. The summed E-state index contributed by atoms with van der Waals surface area (Å²) in [5.41, 5.74) is 0. The van der Waals surface area contributed by atoms with Crippen molar-refractivity contribution in [2.24, 2.45) is 0 Å². The van der Waals surface area contributed by atoms with Gasteiger partial charge in [-0.05, 0) is 18.0 Å². The van der Waals surface area contributed by atoms with Crippen LogP contribution in [0.15, 0.2) is 0 Å². The van der Waals surface area contributed by atoms with E-state index in [9.17, 15) is 0 Å². The van der Waals surface area contributed by atoms with Gasteiger partial charge in [-0.1, -0.05) is 24.7 Å². The van der Waals surface area contributed by atoms with Crippen molar-refractivity contribution < 1.29 is 18.9 Å². The number of ether oxygens (including phenoxy) is 4. The van der Waals surface area contributed by atoms with E-state index in [0.717, 1.165) is 24.5 Å². The predicted octanol–water partition coefficient (Wildman–Crippen LogP) is 2.56. The van der Waals surface area contributed by atoms with Gasteiger partial charge in [0.25, 0.3) is 0 Å². The highest BCUT2D eigenvalue weighted by molar-refractivity contribution is 7.15. The second kappa shape index (κ2) is 13.4. The summed E-state index contributed by atoms with van der Waals surface area (Å²) in [6.45, 7) is 6.80. The zero-order valence-corrected chi connectivity index (χ0v) is 14.0. The average molecular weight is 339 g/mol. The van der Waals surface area contributed by atoms with Gasteiger partial charge in [-0.3, -0.25) is 0 Å². The summed E-state index contributed by atoms with van der Waals surface area (Å²) in [6.07, 6.45) is 2.26. The minimum absolute atomic E-state index is 0.416. The van der Waals surface area contributed by atoms with Crippen LogP contribution in [-0.4, -0.2) is 56.4 Å². The molecule has 0 amide bonds. The monoisotopic (exact) mass is 338 g/mol. The van der Waals surface area contributed by atoms with Gasteiger partial charge in [0.1, 0.15) is 11.6 Å². The maximum Gasteiger partial charge on any atom is 0.207 e. The van der Waals surface area contributed by atoms with Crippen molar-refractivity contribution in [3.63, 3.8) is 0 Å². The largest absolute Gasteiger partial charge is 0.379 e. The molecule has 0 fully saturated rings. The van der Waals surface area contributed by atoms with Gasteiger partial charge in [-0.15, -0.1) is 10.2 Å². The van der Waals surface area contributed by atoms with Gasteiger partial charge in [0.15, 0.2) is 0 Å². The molecule has 122 valence electrons. The Bertz CT molecular complexity index is 355. The van der Waals surface area contributed by atoms with Crippen molar-refractivity contribution >= 4 is 22.9 Å². The van der Waals surface area contributed by atoms with Crippen LogP contribution in [0.2, 0.25) is 4.47 Å². The normalized spacial score (nSPS) is 11.1. The molecule has 6 nitrogen and oxygen atoms in total. The highest BCUT2D eigenvalue weighted by Crippen LogP contribution is 2.15. The van der Waals surface area contributed by atoms with Gasteiger partial charge in [0.2, 0.25) is 4.47 Å². The smallest absolute Gasteiger partial charge is 0.207 e.